The first kappa shape index (κ1) is 16.8. The molecule has 3 aromatic rings. The first-order chi connectivity index (χ1) is 11.0. The largest absolute Gasteiger partial charge is 0.344 e. The van der Waals surface area contributed by atoms with E-state index in [1.165, 1.54) is 0 Å². The highest BCUT2D eigenvalue weighted by Crippen LogP contribution is 2.26. The quantitative estimate of drug-likeness (QED) is 0.717. The molecule has 0 fully saturated rings. The molecule has 3 heterocycles. The summed E-state index contributed by atoms with van der Waals surface area (Å²) < 4.78 is 0. The monoisotopic (exact) mass is 310 g/mol. The third-order valence-electron chi connectivity index (χ3n) is 3.23. The van der Waals surface area contributed by atoms with Gasteiger partial charge in [-0.05, 0) is 12.1 Å². The van der Waals surface area contributed by atoms with Crippen LogP contribution in [0.3, 0.4) is 0 Å². The summed E-state index contributed by atoms with van der Waals surface area (Å²) in [7, 11) is 0. The van der Waals surface area contributed by atoms with Crippen molar-refractivity contribution in [3.63, 3.8) is 0 Å². The highest BCUT2D eigenvalue weighted by atomic mass is 16.1. The Morgan fingerprint density at radius 1 is 1.09 bits per heavy atom. The van der Waals surface area contributed by atoms with Crippen LogP contribution < -0.4 is 0 Å². The second kappa shape index (κ2) is 6.69. The van der Waals surface area contributed by atoms with Gasteiger partial charge in [0.1, 0.15) is 11.2 Å². The van der Waals surface area contributed by atoms with Gasteiger partial charge in [-0.2, -0.15) is 0 Å². The zero-order valence-electron chi connectivity index (χ0n) is 14.2. The summed E-state index contributed by atoms with van der Waals surface area (Å²) in [5.41, 5.74) is 2.72. The van der Waals surface area contributed by atoms with E-state index in [-0.39, 0.29) is 5.78 Å². The maximum Gasteiger partial charge on any atom is 0.171 e. The zero-order chi connectivity index (χ0) is 17.0. The van der Waals surface area contributed by atoms with Crippen LogP contribution in [0.5, 0.6) is 0 Å². The van der Waals surface area contributed by atoms with Gasteiger partial charge in [-0.25, -0.2) is 9.97 Å². The molecule has 5 heteroatoms. The smallest absolute Gasteiger partial charge is 0.171 e. The van der Waals surface area contributed by atoms with Crippen LogP contribution in [-0.4, -0.2) is 25.7 Å². The summed E-state index contributed by atoms with van der Waals surface area (Å²) in [6, 6.07) is 5.61. The van der Waals surface area contributed by atoms with Crippen molar-refractivity contribution in [2.75, 3.05) is 0 Å². The summed E-state index contributed by atoms with van der Waals surface area (Å²) >= 11 is 0. The number of aromatic nitrogens is 4. The van der Waals surface area contributed by atoms with E-state index < -0.39 is 5.41 Å². The van der Waals surface area contributed by atoms with Gasteiger partial charge in [-0.1, -0.05) is 40.7 Å². The molecule has 0 aromatic carbocycles. The number of carbonyl (C=O) groups is 1. The minimum absolute atomic E-state index is 0.0428. The maximum atomic E-state index is 12.5. The van der Waals surface area contributed by atoms with Crippen molar-refractivity contribution >= 4 is 16.9 Å². The van der Waals surface area contributed by atoms with E-state index >= 15 is 0 Å². The SMILES string of the molecule is CC.CC(C)(C)C(=O)c1c[nH]c2ncc(-c3ccccn3)nc12. The Labute approximate surface area is 136 Å². The number of H-pyrrole nitrogens is 1. The Balaban J connectivity index is 0.000000924. The topological polar surface area (TPSA) is 71.5 Å². The van der Waals surface area contributed by atoms with Crippen LogP contribution in [0.2, 0.25) is 0 Å². The van der Waals surface area contributed by atoms with Crippen molar-refractivity contribution in [2.45, 2.75) is 34.6 Å². The minimum Gasteiger partial charge on any atom is -0.344 e. The molecule has 0 unspecified atom stereocenters. The van der Waals surface area contributed by atoms with E-state index in [0.717, 1.165) is 5.69 Å². The highest BCUT2D eigenvalue weighted by molar-refractivity contribution is 6.08. The number of pyridine rings is 1. The Bertz CT molecular complexity index is 801. The second-order valence-electron chi connectivity index (χ2n) is 5.95. The Morgan fingerprint density at radius 3 is 2.43 bits per heavy atom. The molecule has 23 heavy (non-hydrogen) atoms. The lowest BCUT2D eigenvalue weighted by molar-refractivity contribution is 0.0860. The lowest BCUT2D eigenvalue weighted by atomic mass is 9.87. The van der Waals surface area contributed by atoms with Crippen molar-refractivity contribution in [3.05, 3.63) is 42.4 Å². The van der Waals surface area contributed by atoms with Crippen LogP contribution in [0.15, 0.2) is 36.8 Å². The van der Waals surface area contributed by atoms with Crippen LogP contribution in [-0.2, 0) is 0 Å². The minimum atomic E-state index is -0.461. The fraction of sp³-hybridized carbons (Fsp3) is 0.333. The van der Waals surface area contributed by atoms with E-state index in [9.17, 15) is 4.79 Å². The van der Waals surface area contributed by atoms with Crippen LogP contribution in [0.25, 0.3) is 22.6 Å². The standard InChI is InChI=1S/C16H16N4O.C2H6/c1-16(2,3)14(21)10-8-18-15-13(10)20-12(9-19-15)11-6-4-5-7-17-11;1-2/h4-9H,1-3H3,(H,18,19);1-2H3. The Kier molecular flexibility index (Phi) is 4.89. The van der Waals surface area contributed by atoms with E-state index in [0.29, 0.717) is 22.4 Å². The normalized spacial score (nSPS) is 11.0. The van der Waals surface area contributed by atoms with Crippen molar-refractivity contribution in [1.82, 2.24) is 19.9 Å². The number of ketones is 1. The average Bonchev–Trinajstić information content (AvgIpc) is 2.99. The van der Waals surface area contributed by atoms with Gasteiger partial charge in [0.25, 0.3) is 0 Å². The van der Waals surface area contributed by atoms with Crippen molar-refractivity contribution in [3.8, 4) is 11.4 Å². The molecule has 0 bridgehead atoms. The summed E-state index contributed by atoms with van der Waals surface area (Å²) in [5.74, 6) is 0.0428. The molecule has 3 rings (SSSR count). The van der Waals surface area contributed by atoms with E-state index in [4.69, 9.17) is 0 Å². The molecule has 0 saturated heterocycles. The van der Waals surface area contributed by atoms with E-state index in [1.807, 2.05) is 52.8 Å². The van der Waals surface area contributed by atoms with Gasteiger partial charge in [0.15, 0.2) is 11.4 Å². The van der Waals surface area contributed by atoms with Crippen LogP contribution >= 0.6 is 0 Å². The number of hydrogen-bond acceptors (Lipinski definition) is 4. The molecule has 3 aromatic heterocycles. The van der Waals surface area contributed by atoms with Gasteiger partial charge < -0.3 is 4.98 Å². The van der Waals surface area contributed by atoms with E-state index in [1.54, 1.807) is 18.6 Å². The molecule has 0 amide bonds. The van der Waals surface area contributed by atoms with Crippen LogP contribution in [0.4, 0.5) is 0 Å². The molecule has 0 saturated carbocycles. The number of nitrogens with zero attached hydrogens (tertiary/aromatic N) is 3. The first-order valence-electron chi connectivity index (χ1n) is 7.77. The molecule has 5 nitrogen and oxygen atoms in total. The second-order valence-corrected chi connectivity index (χ2v) is 5.95. The maximum absolute atomic E-state index is 12.5. The Hall–Kier alpha value is -2.56. The van der Waals surface area contributed by atoms with Gasteiger partial charge in [0.05, 0.1) is 17.5 Å². The zero-order valence-corrected chi connectivity index (χ0v) is 14.2. The fourth-order valence-corrected chi connectivity index (χ4v) is 2.11. The molecule has 0 aliphatic heterocycles. The van der Waals surface area contributed by atoms with Gasteiger partial charge in [-0.15, -0.1) is 0 Å². The molecule has 0 spiro atoms. The third kappa shape index (κ3) is 3.44. The van der Waals surface area contributed by atoms with Gasteiger partial charge in [0.2, 0.25) is 0 Å². The number of hydrogen-bond donors (Lipinski definition) is 1. The first-order valence-corrected chi connectivity index (χ1v) is 7.77. The van der Waals surface area contributed by atoms with Crippen molar-refractivity contribution < 1.29 is 4.79 Å². The molecule has 1 N–H and O–H groups in total. The van der Waals surface area contributed by atoms with Crippen LogP contribution in [0.1, 0.15) is 45.0 Å². The summed E-state index contributed by atoms with van der Waals surface area (Å²) in [6.07, 6.45) is 5.05. The van der Waals surface area contributed by atoms with Gasteiger partial charge in [0, 0.05) is 17.8 Å². The summed E-state index contributed by atoms with van der Waals surface area (Å²) in [5, 5.41) is 0. The Morgan fingerprint density at radius 2 is 1.83 bits per heavy atom. The highest BCUT2D eigenvalue weighted by Gasteiger charge is 2.26. The molecule has 0 aliphatic carbocycles. The summed E-state index contributed by atoms with van der Waals surface area (Å²) in [4.78, 5) is 28.7. The van der Waals surface area contributed by atoms with Crippen LogP contribution in [0, 0.1) is 5.41 Å². The lowest BCUT2D eigenvalue weighted by Gasteiger charge is -2.15. The summed E-state index contributed by atoms with van der Waals surface area (Å²) in [6.45, 7) is 9.68. The number of rotatable bonds is 2. The number of nitrogens with one attached hydrogen (secondary N) is 1. The molecule has 0 radical (unpaired) electrons. The molecular weight excluding hydrogens is 288 g/mol. The fourth-order valence-electron chi connectivity index (χ4n) is 2.11. The molecule has 120 valence electrons. The number of Topliss-reactive ketones (excluding diaryl/α,β-unsaturated/α-hetero) is 1. The molecular formula is C18H22N4O. The van der Waals surface area contributed by atoms with Crippen molar-refractivity contribution in [2.24, 2.45) is 5.41 Å². The predicted octanol–water partition coefficient (Wildman–Crippen LogP) is 4.27. The van der Waals surface area contributed by atoms with Gasteiger partial charge in [-0.3, -0.25) is 9.78 Å². The molecule has 0 aliphatic rings. The van der Waals surface area contributed by atoms with Crippen molar-refractivity contribution in [1.29, 1.82) is 0 Å². The molecule has 0 atom stereocenters. The predicted molar refractivity (Wildman–Crippen MR) is 92.3 cm³/mol. The van der Waals surface area contributed by atoms with Gasteiger partial charge >= 0.3 is 0 Å². The number of carbonyl (C=O) groups excluding carboxylic acids is 1. The third-order valence-corrected chi connectivity index (χ3v) is 3.23. The van der Waals surface area contributed by atoms with E-state index in [2.05, 4.69) is 19.9 Å². The lowest BCUT2D eigenvalue weighted by Crippen LogP contribution is -2.20. The number of fused-ring (bicyclic) bond motifs is 1. The average molecular weight is 310 g/mol. The number of aromatic amines is 1.